The molecule has 0 spiro atoms. The molecule has 0 fully saturated rings. The van der Waals surface area contributed by atoms with E-state index in [1.54, 1.807) is 7.05 Å². The number of aromatic nitrogens is 4. The van der Waals surface area contributed by atoms with Crippen LogP contribution in [0, 0.1) is 11.3 Å². The molecule has 0 saturated heterocycles. The summed E-state index contributed by atoms with van der Waals surface area (Å²) in [6, 6.07) is 2.36. The fraction of sp³-hybridized carbons (Fsp3) is 0.176. The molecule has 0 aliphatic carbocycles. The molecular formula is C17H10Cl2F4N6S. The van der Waals surface area contributed by atoms with E-state index in [0.29, 0.717) is 29.7 Å². The summed E-state index contributed by atoms with van der Waals surface area (Å²) < 4.78 is 53.5. The maximum absolute atomic E-state index is 13.2. The summed E-state index contributed by atoms with van der Waals surface area (Å²) in [5.41, 5.74) is -1.30. The summed E-state index contributed by atoms with van der Waals surface area (Å²) >= 11 is 12.9. The Balaban J connectivity index is 2.30. The minimum absolute atomic E-state index is 0.0979. The first kappa shape index (κ1) is 22.1. The second-order valence-electron chi connectivity index (χ2n) is 5.69. The van der Waals surface area contributed by atoms with Gasteiger partial charge in [-0.15, -0.1) is 0 Å². The van der Waals surface area contributed by atoms with E-state index in [1.165, 1.54) is 23.5 Å². The molecule has 3 aromatic rings. The van der Waals surface area contributed by atoms with Crippen molar-refractivity contribution in [1.82, 2.24) is 19.7 Å². The van der Waals surface area contributed by atoms with Crippen LogP contribution in [0.1, 0.15) is 11.3 Å². The van der Waals surface area contributed by atoms with Crippen LogP contribution in [0.2, 0.25) is 10.0 Å². The van der Waals surface area contributed by atoms with Gasteiger partial charge in [-0.3, -0.25) is 4.98 Å². The molecule has 0 saturated carbocycles. The highest BCUT2D eigenvalue weighted by molar-refractivity contribution is 7.99. The molecule has 13 heteroatoms. The molecule has 0 aliphatic rings. The van der Waals surface area contributed by atoms with Crippen molar-refractivity contribution in [2.24, 2.45) is 0 Å². The molecule has 0 unspecified atom stereocenters. The van der Waals surface area contributed by atoms with Gasteiger partial charge in [0, 0.05) is 19.4 Å². The lowest BCUT2D eigenvalue weighted by Gasteiger charge is -2.21. The monoisotopic (exact) mass is 476 g/mol. The number of thioether (sulfide) groups is 1. The third-order valence-electron chi connectivity index (χ3n) is 3.89. The van der Waals surface area contributed by atoms with Crippen LogP contribution in [0.3, 0.4) is 0 Å². The predicted molar refractivity (Wildman–Crippen MR) is 105 cm³/mol. The zero-order valence-corrected chi connectivity index (χ0v) is 17.3. The molecule has 2 heterocycles. The molecule has 0 amide bonds. The van der Waals surface area contributed by atoms with Crippen molar-refractivity contribution >= 4 is 46.6 Å². The van der Waals surface area contributed by atoms with E-state index in [-0.39, 0.29) is 32.1 Å². The normalized spacial score (nSPS) is 11.4. The standard InChI is InChI=1S/C17H10Cl2F4N6S/c1-28(13-7-25-2-3-26-13)16-15(30-8-20)12(6-24)27-29(16)14-10(18)4-9(5-11(14)19)17(21,22)23/h2-5,7H,8H2,1H3. The van der Waals surface area contributed by atoms with Gasteiger partial charge in [-0.25, -0.2) is 14.1 Å². The van der Waals surface area contributed by atoms with Crippen LogP contribution < -0.4 is 4.90 Å². The predicted octanol–water partition coefficient (Wildman–Crippen LogP) is 5.65. The Bertz CT molecular complexity index is 1090. The zero-order chi connectivity index (χ0) is 22.1. The van der Waals surface area contributed by atoms with Gasteiger partial charge in [-0.2, -0.15) is 23.5 Å². The summed E-state index contributed by atoms with van der Waals surface area (Å²) in [6.07, 6.45) is -0.403. The Kier molecular flexibility index (Phi) is 6.40. The molecule has 0 radical (unpaired) electrons. The zero-order valence-electron chi connectivity index (χ0n) is 15.0. The molecule has 0 atom stereocenters. The van der Waals surface area contributed by atoms with Crippen LogP contribution in [-0.4, -0.2) is 32.8 Å². The van der Waals surface area contributed by atoms with Gasteiger partial charge >= 0.3 is 6.18 Å². The molecule has 1 aromatic carbocycles. The summed E-state index contributed by atoms with van der Waals surface area (Å²) in [5.74, 6) is 0.446. The number of nitrogens with zero attached hydrogens (tertiary/aromatic N) is 6. The first-order valence-corrected chi connectivity index (χ1v) is 9.71. The Morgan fingerprint density at radius 3 is 2.40 bits per heavy atom. The van der Waals surface area contributed by atoms with Crippen LogP contribution in [0.5, 0.6) is 0 Å². The maximum atomic E-state index is 13.2. The first-order chi connectivity index (χ1) is 14.2. The number of hydrogen-bond acceptors (Lipinski definition) is 6. The van der Waals surface area contributed by atoms with Gasteiger partial charge in [-0.1, -0.05) is 35.0 Å². The Morgan fingerprint density at radius 2 is 1.90 bits per heavy atom. The third-order valence-corrected chi connectivity index (χ3v) is 5.24. The second kappa shape index (κ2) is 8.67. The average Bonchev–Trinajstić information content (AvgIpc) is 3.05. The number of rotatable bonds is 5. The van der Waals surface area contributed by atoms with Gasteiger partial charge in [-0.05, 0) is 12.1 Å². The lowest BCUT2D eigenvalue weighted by molar-refractivity contribution is -0.137. The van der Waals surface area contributed by atoms with Crippen molar-refractivity contribution in [1.29, 1.82) is 5.26 Å². The van der Waals surface area contributed by atoms with E-state index >= 15 is 0 Å². The summed E-state index contributed by atoms with van der Waals surface area (Å²) in [4.78, 5) is 9.68. The van der Waals surface area contributed by atoms with Gasteiger partial charge in [0.1, 0.15) is 17.8 Å². The van der Waals surface area contributed by atoms with Crippen molar-refractivity contribution in [3.8, 4) is 11.8 Å². The fourth-order valence-corrected chi connectivity index (χ4v) is 3.94. The Morgan fingerprint density at radius 1 is 1.23 bits per heavy atom. The smallest absolute Gasteiger partial charge is 0.312 e. The lowest BCUT2D eigenvalue weighted by atomic mass is 10.2. The number of alkyl halides is 4. The largest absolute Gasteiger partial charge is 0.416 e. The first-order valence-electron chi connectivity index (χ1n) is 7.97. The Hall–Kier alpha value is -2.55. The number of benzene rings is 1. The maximum Gasteiger partial charge on any atom is 0.416 e. The molecule has 0 N–H and O–H groups in total. The van der Waals surface area contributed by atoms with Gasteiger partial charge in [0.15, 0.2) is 17.3 Å². The van der Waals surface area contributed by atoms with E-state index in [1.807, 2.05) is 6.07 Å². The highest BCUT2D eigenvalue weighted by Crippen LogP contribution is 2.42. The van der Waals surface area contributed by atoms with E-state index in [2.05, 4.69) is 15.1 Å². The van der Waals surface area contributed by atoms with E-state index < -0.39 is 17.7 Å². The molecule has 30 heavy (non-hydrogen) atoms. The average molecular weight is 477 g/mol. The van der Waals surface area contributed by atoms with E-state index in [0.717, 1.165) is 4.68 Å². The van der Waals surface area contributed by atoms with Gasteiger partial charge < -0.3 is 4.90 Å². The SMILES string of the molecule is CN(c1cnccn1)c1c(SCF)c(C#N)nn1-c1c(Cl)cc(C(F)(F)F)cc1Cl. The highest BCUT2D eigenvalue weighted by Gasteiger charge is 2.33. The molecule has 0 aliphatic heterocycles. The van der Waals surface area contributed by atoms with Crippen LogP contribution in [0.4, 0.5) is 29.2 Å². The van der Waals surface area contributed by atoms with Crippen LogP contribution >= 0.6 is 35.0 Å². The second-order valence-corrected chi connectivity index (χ2v) is 7.42. The topological polar surface area (TPSA) is 70.6 Å². The van der Waals surface area contributed by atoms with Crippen molar-refractivity contribution in [2.45, 2.75) is 11.1 Å². The van der Waals surface area contributed by atoms with Crippen LogP contribution in [0.15, 0.2) is 35.6 Å². The number of anilines is 2. The van der Waals surface area contributed by atoms with E-state index in [9.17, 15) is 22.8 Å². The molecule has 3 rings (SSSR count). The lowest BCUT2D eigenvalue weighted by Crippen LogP contribution is -2.17. The van der Waals surface area contributed by atoms with Crippen molar-refractivity contribution < 1.29 is 17.6 Å². The molecule has 6 nitrogen and oxygen atoms in total. The van der Waals surface area contributed by atoms with Crippen LogP contribution in [0.25, 0.3) is 5.69 Å². The number of hydrogen-bond donors (Lipinski definition) is 0. The molecule has 0 bridgehead atoms. The molecule has 2 aromatic heterocycles. The summed E-state index contributed by atoms with van der Waals surface area (Å²) in [5, 5.41) is 12.8. The van der Waals surface area contributed by atoms with Gasteiger partial charge in [0.2, 0.25) is 0 Å². The quantitative estimate of drug-likeness (QED) is 0.350. The van der Waals surface area contributed by atoms with Crippen molar-refractivity contribution in [2.75, 3.05) is 18.0 Å². The minimum atomic E-state index is -4.66. The van der Waals surface area contributed by atoms with Gasteiger partial charge in [0.25, 0.3) is 0 Å². The van der Waals surface area contributed by atoms with Gasteiger partial charge in [0.05, 0.1) is 26.7 Å². The fourth-order valence-electron chi connectivity index (χ4n) is 2.61. The molecule has 156 valence electrons. The number of nitriles is 1. The van der Waals surface area contributed by atoms with Crippen LogP contribution in [-0.2, 0) is 6.18 Å². The van der Waals surface area contributed by atoms with E-state index in [4.69, 9.17) is 23.2 Å². The van der Waals surface area contributed by atoms with Crippen molar-refractivity contribution in [3.05, 3.63) is 52.0 Å². The van der Waals surface area contributed by atoms with Crippen molar-refractivity contribution in [3.63, 3.8) is 0 Å². The Labute approximate surface area is 182 Å². The minimum Gasteiger partial charge on any atom is -0.312 e. The third kappa shape index (κ3) is 4.16. The summed E-state index contributed by atoms with van der Waals surface area (Å²) in [6.45, 7) is 0. The number of halogens is 6. The highest BCUT2D eigenvalue weighted by atomic mass is 35.5. The summed E-state index contributed by atoms with van der Waals surface area (Å²) in [7, 11) is 1.55. The molecular weight excluding hydrogens is 467 g/mol.